The van der Waals surface area contributed by atoms with E-state index in [1.54, 1.807) is 13.3 Å². The highest BCUT2D eigenvalue weighted by molar-refractivity contribution is 5.90. The minimum absolute atomic E-state index is 0.0325. The van der Waals surface area contributed by atoms with Crippen LogP contribution >= 0.6 is 0 Å². The van der Waals surface area contributed by atoms with E-state index in [9.17, 15) is 4.79 Å². The number of rotatable bonds is 6. The molecule has 0 saturated heterocycles. The fourth-order valence-electron chi connectivity index (χ4n) is 2.05. The number of hydrogen-bond acceptors (Lipinski definition) is 3. The van der Waals surface area contributed by atoms with Crippen molar-refractivity contribution in [1.82, 2.24) is 10.2 Å². The zero-order valence-corrected chi connectivity index (χ0v) is 11.8. The van der Waals surface area contributed by atoms with Crippen LogP contribution in [0.1, 0.15) is 24.5 Å². The van der Waals surface area contributed by atoms with Crippen molar-refractivity contribution in [3.8, 4) is 5.75 Å². The predicted molar refractivity (Wildman–Crippen MR) is 77.9 cm³/mol. The standard InChI is InChI=1S/C15H19N3O2/c1-3-11-10-16-18-15(11)17-14(19)9-8-12-6-4-5-7-13(12)20-2/h4-7,10H,3,8-9H2,1-2H3,(H2,16,17,18,19). The van der Waals surface area contributed by atoms with Crippen LogP contribution in [-0.4, -0.2) is 23.2 Å². The predicted octanol–water partition coefficient (Wildman–Crippen LogP) is 2.55. The van der Waals surface area contributed by atoms with Crippen molar-refractivity contribution < 1.29 is 9.53 Å². The smallest absolute Gasteiger partial charge is 0.225 e. The molecule has 0 bridgehead atoms. The fourth-order valence-corrected chi connectivity index (χ4v) is 2.05. The van der Waals surface area contributed by atoms with E-state index in [4.69, 9.17) is 4.74 Å². The molecule has 1 amide bonds. The van der Waals surface area contributed by atoms with Gasteiger partial charge in [0.25, 0.3) is 0 Å². The summed E-state index contributed by atoms with van der Waals surface area (Å²) in [6.45, 7) is 2.02. The second-order valence-corrected chi connectivity index (χ2v) is 4.48. The maximum Gasteiger partial charge on any atom is 0.225 e. The maximum atomic E-state index is 12.0. The number of carbonyl (C=O) groups is 1. The third-order valence-electron chi connectivity index (χ3n) is 3.18. The van der Waals surface area contributed by atoms with Crippen LogP contribution in [0.25, 0.3) is 0 Å². The maximum absolute atomic E-state index is 12.0. The summed E-state index contributed by atoms with van der Waals surface area (Å²) in [4.78, 5) is 12.0. The number of anilines is 1. The number of carbonyl (C=O) groups excluding carboxylic acids is 1. The van der Waals surface area contributed by atoms with Gasteiger partial charge in [-0.25, -0.2) is 0 Å². The lowest BCUT2D eigenvalue weighted by Crippen LogP contribution is -2.14. The van der Waals surface area contributed by atoms with Gasteiger partial charge in [0.15, 0.2) is 0 Å². The Morgan fingerprint density at radius 3 is 2.90 bits per heavy atom. The minimum atomic E-state index is -0.0325. The Morgan fingerprint density at radius 1 is 1.35 bits per heavy atom. The number of methoxy groups -OCH3 is 1. The first kappa shape index (κ1) is 14.1. The molecule has 0 spiro atoms. The van der Waals surface area contributed by atoms with Crippen LogP contribution in [0.2, 0.25) is 0 Å². The third-order valence-corrected chi connectivity index (χ3v) is 3.18. The van der Waals surface area contributed by atoms with Crippen molar-refractivity contribution >= 4 is 11.7 Å². The summed E-state index contributed by atoms with van der Waals surface area (Å²) in [5.74, 6) is 1.48. The molecule has 2 N–H and O–H groups in total. The third kappa shape index (κ3) is 3.38. The Morgan fingerprint density at radius 2 is 2.15 bits per heavy atom. The number of nitrogens with zero attached hydrogens (tertiary/aromatic N) is 1. The summed E-state index contributed by atoms with van der Waals surface area (Å²) in [6, 6.07) is 7.73. The molecule has 0 unspecified atom stereocenters. The van der Waals surface area contributed by atoms with E-state index in [0.29, 0.717) is 18.7 Å². The van der Waals surface area contributed by atoms with Crippen molar-refractivity contribution in [2.75, 3.05) is 12.4 Å². The lowest BCUT2D eigenvalue weighted by molar-refractivity contribution is -0.116. The zero-order chi connectivity index (χ0) is 14.4. The summed E-state index contributed by atoms with van der Waals surface area (Å²) in [6.07, 6.45) is 3.61. The van der Waals surface area contributed by atoms with Crippen LogP contribution in [-0.2, 0) is 17.6 Å². The molecule has 20 heavy (non-hydrogen) atoms. The molecule has 106 valence electrons. The van der Waals surface area contributed by atoms with Crippen LogP contribution in [0.4, 0.5) is 5.82 Å². The van der Waals surface area contributed by atoms with Gasteiger partial charge in [0.2, 0.25) is 5.91 Å². The molecule has 5 nitrogen and oxygen atoms in total. The molecule has 2 rings (SSSR count). The lowest BCUT2D eigenvalue weighted by atomic mass is 10.1. The van der Waals surface area contributed by atoms with E-state index in [0.717, 1.165) is 23.3 Å². The van der Waals surface area contributed by atoms with Crippen molar-refractivity contribution in [3.63, 3.8) is 0 Å². The number of aromatic amines is 1. The monoisotopic (exact) mass is 273 g/mol. The summed E-state index contributed by atoms with van der Waals surface area (Å²) in [5, 5.41) is 9.59. The van der Waals surface area contributed by atoms with Crippen molar-refractivity contribution in [1.29, 1.82) is 0 Å². The molecule has 0 fully saturated rings. The molecule has 0 radical (unpaired) electrons. The van der Waals surface area contributed by atoms with Gasteiger partial charge in [0.1, 0.15) is 11.6 Å². The molecule has 1 heterocycles. The highest BCUT2D eigenvalue weighted by atomic mass is 16.5. The number of hydrogen-bond donors (Lipinski definition) is 2. The lowest BCUT2D eigenvalue weighted by Gasteiger charge is -2.08. The topological polar surface area (TPSA) is 67.0 Å². The molecule has 5 heteroatoms. The fraction of sp³-hybridized carbons (Fsp3) is 0.333. The average molecular weight is 273 g/mol. The molecular formula is C15H19N3O2. The molecule has 0 aliphatic heterocycles. The quantitative estimate of drug-likeness (QED) is 0.850. The number of benzene rings is 1. The minimum Gasteiger partial charge on any atom is -0.496 e. The molecular weight excluding hydrogens is 254 g/mol. The molecule has 0 saturated carbocycles. The van der Waals surface area contributed by atoms with Gasteiger partial charge in [-0.15, -0.1) is 0 Å². The highest BCUT2D eigenvalue weighted by Gasteiger charge is 2.09. The Kier molecular flexibility index (Phi) is 4.76. The molecule has 2 aromatic rings. The Labute approximate surface area is 118 Å². The summed E-state index contributed by atoms with van der Waals surface area (Å²) >= 11 is 0. The van der Waals surface area contributed by atoms with Gasteiger partial charge in [0.05, 0.1) is 13.3 Å². The van der Waals surface area contributed by atoms with Crippen molar-refractivity contribution in [2.24, 2.45) is 0 Å². The van der Waals surface area contributed by atoms with Crippen molar-refractivity contribution in [2.45, 2.75) is 26.2 Å². The van der Waals surface area contributed by atoms with Crippen LogP contribution in [0.15, 0.2) is 30.5 Å². The van der Waals surface area contributed by atoms with Gasteiger partial charge in [-0.3, -0.25) is 9.89 Å². The summed E-state index contributed by atoms with van der Waals surface area (Å²) in [7, 11) is 1.64. The zero-order valence-electron chi connectivity index (χ0n) is 11.8. The average Bonchev–Trinajstić information content (AvgIpc) is 2.92. The first-order valence-electron chi connectivity index (χ1n) is 6.68. The first-order valence-corrected chi connectivity index (χ1v) is 6.68. The number of nitrogens with one attached hydrogen (secondary N) is 2. The van der Waals surface area contributed by atoms with E-state index in [1.807, 2.05) is 31.2 Å². The van der Waals surface area contributed by atoms with E-state index in [-0.39, 0.29) is 5.91 Å². The normalized spacial score (nSPS) is 10.3. The summed E-state index contributed by atoms with van der Waals surface area (Å²) < 4.78 is 5.27. The number of aryl methyl sites for hydroxylation is 2. The van der Waals surface area contributed by atoms with Gasteiger partial charge >= 0.3 is 0 Å². The highest BCUT2D eigenvalue weighted by Crippen LogP contribution is 2.19. The number of para-hydroxylation sites is 1. The van der Waals surface area contributed by atoms with E-state index >= 15 is 0 Å². The Balaban J connectivity index is 1.92. The molecule has 1 aromatic carbocycles. The van der Waals surface area contributed by atoms with Gasteiger partial charge in [-0.1, -0.05) is 25.1 Å². The first-order chi connectivity index (χ1) is 9.74. The van der Waals surface area contributed by atoms with E-state index in [2.05, 4.69) is 15.5 Å². The van der Waals surface area contributed by atoms with Gasteiger partial charge < -0.3 is 10.1 Å². The van der Waals surface area contributed by atoms with E-state index in [1.165, 1.54) is 0 Å². The second-order valence-electron chi connectivity index (χ2n) is 4.48. The molecule has 0 aliphatic rings. The summed E-state index contributed by atoms with van der Waals surface area (Å²) in [5.41, 5.74) is 2.04. The van der Waals surface area contributed by atoms with Crippen LogP contribution in [0.3, 0.4) is 0 Å². The number of amides is 1. The Bertz CT molecular complexity index is 578. The largest absolute Gasteiger partial charge is 0.496 e. The van der Waals surface area contributed by atoms with Gasteiger partial charge in [-0.2, -0.15) is 5.10 Å². The second kappa shape index (κ2) is 6.75. The number of aromatic nitrogens is 2. The number of ether oxygens (including phenoxy) is 1. The Hall–Kier alpha value is -2.30. The van der Waals surface area contributed by atoms with Crippen molar-refractivity contribution in [3.05, 3.63) is 41.6 Å². The SMILES string of the molecule is CCc1cn[nH]c1NC(=O)CCc1ccccc1OC. The molecule has 0 atom stereocenters. The van der Waals surface area contributed by atoms with Crippen LogP contribution in [0.5, 0.6) is 5.75 Å². The van der Waals surface area contributed by atoms with Crippen LogP contribution < -0.4 is 10.1 Å². The number of H-pyrrole nitrogens is 1. The van der Waals surface area contributed by atoms with E-state index < -0.39 is 0 Å². The van der Waals surface area contributed by atoms with Gasteiger partial charge in [-0.05, 0) is 24.5 Å². The molecule has 1 aromatic heterocycles. The molecule has 0 aliphatic carbocycles. The van der Waals surface area contributed by atoms with Crippen LogP contribution in [0, 0.1) is 0 Å². The van der Waals surface area contributed by atoms with Gasteiger partial charge in [0, 0.05) is 12.0 Å².